The van der Waals surface area contributed by atoms with E-state index < -0.39 is 17.3 Å². The lowest BCUT2D eigenvalue weighted by Crippen LogP contribution is -2.37. The van der Waals surface area contributed by atoms with Gasteiger partial charge < -0.3 is 9.88 Å². The second-order valence-electron chi connectivity index (χ2n) is 7.20. The molecule has 0 saturated heterocycles. The Bertz CT molecular complexity index is 1480. The molecule has 0 spiro atoms. The zero-order valence-electron chi connectivity index (χ0n) is 18.0. The van der Waals surface area contributed by atoms with Crippen molar-refractivity contribution in [3.05, 3.63) is 50.2 Å². The van der Waals surface area contributed by atoms with Crippen molar-refractivity contribution in [3.63, 3.8) is 0 Å². The number of nitrogens with one attached hydrogen (secondary N) is 2. The van der Waals surface area contributed by atoms with Gasteiger partial charge in [-0.3, -0.25) is 19.2 Å². The maximum Gasteiger partial charge on any atom is 0.332 e. The van der Waals surface area contributed by atoms with Gasteiger partial charge >= 0.3 is 11.7 Å². The van der Waals surface area contributed by atoms with Crippen LogP contribution in [0.15, 0.2) is 37.3 Å². The lowest BCUT2D eigenvalue weighted by atomic mass is 10.1. The van der Waals surface area contributed by atoms with Gasteiger partial charge in [0.05, 0.1) is 0 Å². The highest BCUT2D eigenvalue weighted by atomic mass is 32.2. The van der Waals surface area contributed by atoms with E-state index in [9.17, 15) is 14.4 Å². The Morgan fingerprint density at radius 3 is 2.50 bits per heavy atom. The van der Waals surface area contributed by atoms with Crippen LogP contribution in [0.2, 0.25) is 0 Å². The Labute approximate surface area is 190 Å². The molecule has 0 saturated carbocycles. The SMILES string of the molecule is Cc1ccc(NC(=O)Nc2nnc(Sc3nc4c(c(=O)n(C)c(=O)n4C)n3C)s2)c(C)c1. The van der Waals surface area contributed by atoms with Crippen LogP contribution in [-0.2, 0) is 21.1 Å². The zero-order chi connectivity index (χ0) is 23.2. The van der Waals surface area contributed by atoms with Crippen LogP contribution >= 0.6 is 23.1 Å². The number of urea groups is 1. The Balaban J connectivity index is 1.53. The molecule has 32 heavy (non-hydrogen) atoms. The number of hydrogen-bond acceptors (Lipinski definition) is 8. The van der Waals surface area contributed by atoms with Crippen LogP contribution in [0.1, 0.15) is 11.1 Å². The minimum absolute atomic E-state index is 0.291. The minimum atomic E-state index is -0.450. The van der Waals surface area contributed by atoms with Crippen molar-refractivity contribution >= 4 is 51.1 Å². The molecule has 11 nitrogen and oxygen atoms in total. The second kappa shape index (κ2) is 8.24. The summed E-state index contributed by atoms with van der Waals surface area (Å²) in [5, 5.41) is 14.3. The summed E-state index contributed by atoms with van der Waals surface area (Å²) in [5.74, 6) is 0. The smallest absolute Gasteiger partial charge is 0.316 e. The first-order valence-electron chi connectivity index (χ1n) is 9.44. The van der Waals surface area contributed by atoms with Crippen molar-refractivity contribution in [1.29, 1.82) is 0 Å². The van der Waals surface area contributed by atoms with Crippen molar-refractivity contribution in [2.45, 2.75) is 23.3 Å². The van der Waals surface area contributed by atoms with Crippen LogP contribution in [0.4, 0.5) is 15.6 Å². The number of amides is 2. The van der Waals surface area contributed by atoms with E-state index in [4.69, 9.17) is 0 Å². The zero-order valence-corrected chi connectivity index (χ0v) is 19.6. The van der Waals surface area contributed by atoms with Crippen molar-refractivity contribution in [1.82, 2.24) is 28.9 Å². The summed E-state index contributed by atoms with van der Waals surface area (Å²) in [6, 6.07) is 5.32. The van der Waals surface area contributed by atoms with Crippen LogP contribution in [0.5, 0.6) is 0 Å². The van der Waals surface area contributed by atoms with Crippen LogP contribution in [-0.4, -0.2) is 34.9 Å². The second-order valence-corrected chi connectivity index (χ2v) is 9.40. The molecule has 0 aliphatic rings. The van der Waals surface area contributed by atoms with Crippen LogP contribution in [0.3, 0.4) is 0 Å². The number of anilines is 2. The van der Waals surface area contributed by atoms with E-state index in [-0.39, 0.29) is 0 Å². The molecule has 166 valence electrons. The van der Waals surface area contributed by atoms with E-state index in [1.807, 2.05) is 32.0 Å². The van der Waals surface area contributed by atoms with Crippen molar-refractivity contribution in [3.8, 4) is 0 Å². The molecule has 4 rings (SSSR count). The molecule has 0 aliphatic carbocycles. The van der Waals surface area contributed by atoms with E-state index in [0.29, 0.717) is 31.5 Å². The Morgan fingerprint density at radius 1 is 1.03 bits per heavy atom. The standard InChI is InChI=1S/C19H20N8O3S2/c1-9-6-7-11(10(2)8-9)20-15(29)22-16-23-24-18(31-16)32-17-21-13-12(25(17)3)14(28)27(5)19(30)26(13)4/h6-8H,1-5H3,(H2,20,22,23,29). The molecule has 2 amide bonds. The summed E-state index contributed by atoms with van der Waals surface area (Å²) in [7, 11) is 4.68. The third-order valence-corrected chi connectivity index (χ3v) is 6.81. The van der Waals surface area contributed by atoms with Crippen molar-refractivity contribution < 1.29 is 4.79 Å². The van der Waals surface area contributed by atoms with Gasteiger partial charge in [0.15, 0.2) is 20.7 Å². The molecular formula is C19H20N8O3S2. The molecule has 0 aliphatic heterocycles. The third kappa shape index (κ3) is 3.91. The van der Waals surface area contributed by atoms with Crippen molar-refractivity contribution in [2.24, 2.45) is 21.1 Å². The Kier molecular flexibility index (Phi) is 5.60. The minimum Gasteiger partial charge on any atom is -0.316 e. The molecule has 1 aromatic carbocycles. The lowest BCUT2D eigenvalue weighted by molar-refractivity contribution is 0.262. The van der Waals surface area contributed by atoms with Crippen LogP contribution in [0, 0.1) is 13.8 Å². The number of imidazole rings is 1. The number of aryl methyl sites for hydroxylation is 4. The first-order valence-corrected chi connectivity index (χ1v) is 11.1. The molecule has 0 bridgehead atoms. The number of rotatable bonds is 4. The number of nitrogens with zero attached hydrogens (tertiary/aromatic N) is 6. The Hall–Kier alpha value is -3.45. The average Bonchev–Trinajstić information content (AvgIpc) is 3.31. The van der Waals surface area contributed by atoms with Gasteiger partial charge in [0.25, 0.3) is 5.56 Å². The highest BCUT2D eigenvalue weighted by Gasteiger charge is 2.19. The molecule has 0 radical (unpaired) electrons. The van der Waals surface area contributed by atoms with Gasteiger partial charge in [-0.1, -0.05) is 29.0 Å². The van der Waals surface area contributed by atoms with Gasteiger partial charge in [0.2, 0.25) is 5.13 Å². The molecule has 4 aromatic rings. The molecule has 0 fully saturated rings. The number of fused-ring (bicyclic) bond motifs is 1. The van der Waals surface area contributed by atoms with Gasteiger partial charge in [-0.05, 0) is 37.2 Å². The van der Waals surface area contributed by atoms with Gasteiger partial charge in [-0.25, -0.2) is 14.6 Å². The highest BCUT2D eigenvalue weighted by molar-refractivity contribution is 8.01. The summed E-state index contributed by atoms with van der Waals surface area (Å²) in [5.41, 5.74) is 2.50. The highest BCUT2D eigenvalue weighted by Crippen LogP contribution is 2.32. The summed E-state index contributed by atoms with van der Waals surface area (Å²) in [6.07, 6.45) is 0. The van der Waals surface area contributed by atoms with E-state index in [0.717, 1.165) is 15.7 Å². The third-order valence-electron chi connectivity index (χ3n) is 4.87. The molecule has 0 unspecified atom stereocenters. The number of aromatic nitrogens is 6. The Morgan fingerprint density at radius 2 is 1.78 bits per heavy atom. The summed E-state index contributed by atoms with van der Waals surface area (Å²) in [4.78, 5) is 41.4. The van der Waals surface area contributed by atoms with Crippen LogP contribution < -0.4 is 21.9 Å². The lowest BCUT2D eigenvalue weighted by Gasteiger charge is -2.08. The predicted octanol–water partition coefficient (Wildman–Crippen LogP) is 2.23. The molecule has 13 heteroatoms. The molecule has 3 aromatic heterocycles. The fourth-order valence-corrected chi connectivity index (χ4v) is 4.87. The fourth-order valence-electron chi connectivity index (χ4n) is 3.17. The van der Waals surface area contributed by atoms with Gasteiger partial charge in [0, 0.05) is 26.8 Å². The number of carbonyl (C=O) groups is 1. The fraction of sp³-hybridized carbons (Fsp3) is 0.263. The van der Waals surface area contributed by atoms with E-state index in [1.54, 1.807) is 18.7 Å². The van der Waals surface area contributed by atoms with Gasteiger partial charge in [0.1, 0.15) is 0 Å². The topological polar surface area (TPSA) is 129 Å². The number of carbonyl (C=O) groups excluding carboxylic acids is 1. The first kappa shape index (κ1) is 21.8. The molecule has 3 heterocycles. The maximum atomic E-state index is 12.5. The predicted molar refractivity (Wildman–Crippen MR) is 124 cm³/mol. The van der Waals surface area contributed by atoms with Crippen LogP contribution in [0.25, 0.3) is 11.2 Å². The molecule has 2 N–H and O–H groups in total. The largest absolute Gasteiger partial charge is 0.332 e. The van der Waals surface area contributed by atoms with Gasteiger partial charge in [-0.15, -0.1) is 10.2 Å². The monoisotopic (exact) mass is 472 g/mol. The number of benzene rings is 1. The normalized spacial score (nSPS) is 11.2. The molecule has 0 atom stereocenters. The molecular weight excluding hydrogens is 452 g/mol. The van der Waals surface area contributed by atoms with Gasteiger partial charge in [-0.2, -0.15) is 0 Å². The first-order chi connectivity index (χ1) is 15.2. The summed E-state index contributed by atoms with van der Waals surface area (Å²) in [6.45, 7) is 3.90. The quantitative estimate of drug-likeness (QED) is 0.436. The summed E-state index contributed by atoms with van der Waals surface area (Å²) >= 11 is 2.36. The van der Waals surface area contributed by atoms with Crippen molar-refractivity contribution in [2.75, 3.05) is 10.6 Å². The van der Waals surface area contributed by atoms with E-state index >= 15 is 0 Å². The number of hydrogen-bond donors (Lipinski definition) is 2. The van der Waals surface area contributed by atoms with E-state index in [1.165, 1.54) is 34.7 Å². The maximum absolute atomic E-state index is 12.5. The van der Waals surface area contributed by atoms with E-state index in [2.05, 4.69) is 25.8 Å². The average molecular weight is 473 g/mol. The summed E-state index contributed by atoms with van der Waals surface area (Å²) < 4.78 is 4.50.